The number of hydrogen-bond acceptors (Lipinski definition) is 2. The SMILES string of the molecule is FC(F)(F)c1nc(-c2ccc(Cl)cc2)nc2c1ccc1ccccc12. The lowest BCUT2D eigenvalue weighted by molar-refractivity contribution is -0.139. The molecule has 1 heterocycles. The standard InChI is InChI=1S/C19H10ClF3N2/c20-13-8-5-12(6-9-13)18-24-16-14-4-2-1-3-11(14)7-10-15(16)17(25-18)19(21,22)23/h1-10H. The van der Waals surface area contributed by atoms with Crippen LogP contribution in [0.15, 0.2) is 60.7 Å². The van der Waals surface area contributed by atoms with E-state index < -0.39 is 11.9 Å². The zero-order chi connectivity index (χ0) is 17.6. The number of halogens is 4. The lowest BCUT2D eigenvalue weighted by Gasteiger charge is -2.13. The van der Waals surface area contributed by atoms with E-state index in [9.17, 15) is 13.2 Å². The predicted octanol–water partition coefficient (Wildman–Crippen LogP) is 6.12. The first kappa shape index (κ1) is 15.8. The molecule has 25 heavy (non-hydrogen) atoms. The minimum absolute atomic E-state index is 0.0103. The maximum atomic E-state index is 13.6. The smallest absolute Gasteiger partial charge is 0.227 e. The van der Waals surface area contributed by atoms with Crippen LogP contribution in [0.4, 0.5) is 13.2 Å². The van der Waals surface area contributed by atoms with E-state index in [0.29, 0.717) is 16.0 Å². The van der Waals surface area contributed by atoms with Crippen molar-refractivity contribution in [1.29, 1.82) is 0 Å². The third-order valence-corrected chi connectivity index (χ3v) is 4.21. The van der Waals surface area contributed by atoms with Gasteiger partial charge in [-0.3, -0.25) is 0 Å². The molecular weight excluding hydrogens is 349 g/mol. The highest BCUT2D eigenvalue weighted by Gasteiger charge is 2.35. The molecule has 3 aromatic carbocycles. The topological polar surface area (TPSA) is 25.8 Å². The van der Waals surface area contributed by atoms with Crippen molar-refractivity contribution in [3.63, 3.8) is 0 Å². The molecule has 0 bridgehead atoms. The summed E-state index contributed by atoms with van der Waals surface area (Å²) in [5.41, 5.74) is -0.177. The van der Waals surface area contributed by atoms with Gasteiger partial charge in [0.25, 0.3) is 0 Å². The highest BCUT2D eigenvalue weighted by atomic mass is 35.5. The summed E-state index contributed by atoms with van der Waals surface area (Å²) in [7, 11) is 0. The maximum absolute atomic E-state index is 13.6. The molecule has 124 valence electrons. The number of nitrogens with zero attached hydrogens (tertiary/aromatic N) is 2. The molecule has 1 aromatic heterocycles. The van der Waals surface area contributed by atoms with Gasteiger partial charge in [0.1, 0.15) is 0 Å². The molecule has 0 radical (unpaired) electrons. The van der Waals surface area contributed by atoms with Crippen LogP contribution in [-0.4, -0.2) is 9.97 Å². The highest BCUT2D eigenvalue weighted by molar-refractivity contribution is 6.30. The molecule has 4 aromatic rings. The first-order valence-electron chi connectivity index (χ1n) is 7.46. The number of benzene rings is 3. The van der Waals surface area contributed by atoms with Crippen molar-refractivity contribution in [2.75, 3.05) is 0 Å². The molecule has 0 spiro atoms. The van der Waals surface area contributed by atoms with Gasteiger partial charge < -0.3 is 0 Å². The fourth-order valence-corrected chi connectivity index (χ4v) is 2.93. The summed E-state index contributed by atoms with van der Waals surface area (Å²) >= 11 is 5.86. The van der Waals surface area contributed by atoms with Gasteiger partial charge in [-0.15, -0.1) is 0 Å². The molecule has 0 aliphatic carbocycles. The Labute approximate surface area is 145 Å². The van der Waals surface area contributed by atoms with Gasteiger partial charge in [0.05, 0.1) is 5.52 Å². The van der Waals surface area contributed by atoms with Gasteiger partial charge in [-0.25, -0.2) is 9.97 Å². The lowest BCUT2D eigenvalue weighted by atomic mass is 10.0. The average molecular weight is 359 g/mol. The normalized spacial score (nSPS) is 12.0. The number of fused-ring (bicyclic) bond motifs is 3. The zero-order valence-electron chi connectivity index (χ0n) is 12.7. The molecule has 0 saturated heterocycles. The quantitative estimate of drug-likeness (QED) is 0.383. The number of alkyl halides is 3. The Hall–Kier alpha value is -2.66. The summed E-state index contributed by atoms with van der Waals surface area (Å²) in [6.07, 6.45) is -4.58. The molecule has 0 saturated carbocycles. The van der Waals surface area contributed by atoms with E-state index >= 15 is 0 Å². The van der Waals surface area contributed by atoms with Crippen molar-refractivity contribution in [3.05, 3.63) is 71.4 Å². The largest absolute Gasteiger partial charge is 0.434 e. The van der Waals surface area contributed by atoms with Gasteiger partial charge in [-0.1, -0.05) is 41.9 Å². The summed E-state index contributed by atoms with van der Waals surface area (Å²) < 4.78 is 40.7. The second kappa shape index (κ2) is 5.70. The number of rotatable bonds is 1. The van der Waals surface area contributed by atoms with Crippen LogP contribution >= 0.6 is 11.6 Å². The van der Waals surface area contributed by atoms with Crippen molar-refractivity contribution in [1.82, 2.24) is 9.97 Å². The summed E-state index contributed by atoms with van der Waals surface area (Å²) in [6, 6.07) is 16.7. The van der Waals surface area contributed by atoms with Crippen LogP contribution in [0.3, 0.4) is 0 Å². The Bertz CT molecular complexity index is 1090. The molecule has 0 N–H and O–H groups in total. The van der Waals surface area contributed by atoms with Crippen LogP contribution in [0.5, 0.6) is 0 Å². The Morgan fingerprint density at radius 2 is 1.48 bits per heavy atom. The average Bonchev–Trinajstić information content (AvgIpc) is 2.60. The van der Waals surface area contributed by atoms with Crippen molar-refractivity contribution in [2.45, 2.75) is 6.18 Å². The van der Waals surface area contributed by atoms with Gasteiger partial charge in [0, 0.05) is 21.4 Å². The van der Waals surface area contributed by atoms with Crippen LogP contribution in [0.1, 0.15) is 5.69 Å². The monoisotopic (exact) mass is 358 g/mol. The Morgan fingerprint density at radius 1 is 0.760 bits per heavy atom. The Kier molecular flexibility index (Phi) is 3.62. The molecule has 0 aliphatic heterocycles. The van der Waals surface area contributed by atoms with E-state index in [0.717, 1.165) is 5.39 Å². The van der Waals surface area contributed by atoms with Gasteiger partial charge >= 0.3 is 6.18 Å². The summed E-state index contributed by atoms with van der Waals surface area (Å²) in [5, 5.41) is 1.96. The third kappa shape index (κ3) is 2.81. The van der Waals surface area contributed by atoms with E-state index in [1.165, 1.54) is 6.07 Å². The summed E-state index contributed by atoms with van der Waals surface area (Å²) in [4.78, 5) is 8.22. The van der Waals surface area contributed by atoms with Crippen LogP contribution in [-0.2, 0) is 6.18 Å². The highest BCUT2D eigenvalue weighted by Crippen LogP contribution is 2.36. The second-order valence-corrected chi connectivity index (χ2v) is 6.02. The van der Waals surface area contributed by atoms with Crippen molar-refractivity contribution in [2.24, 2.45) is 0 Å². The molecule has 0 atom stereocenters. The maximum Gasteiger partial charge on any atom is 0.434 e. The molecule has 0 fully saturated rings. The van der Waals surface area contributed by atoms with Gasteiger partial charge in [0.2, 0.25) is 0 Å². The molecule has 0 unspecified atom stereocenters. The predicted molar refractivity (Wildman–Crippen MR) is 92.5 cm³/mol. The molecule has 0 amide bonds. The molecule has 0 aliphatic rings. The van der Waals surface area contributed by atoms with E-state index in [4.69, 9.17) is 11.6 Å². The van der Waals surface area contributed by atoms with E-state index in [2.05, 4.69) is 9.97 Å². The van der Waals surface area contributed by atoms with Crippen LogP contribution in [0.25, 0.3) is 33.1 Å². The number of aromatic nitrogens is 2. The summed E-state index contributed by atoms with van der Waals surface area (Å²) in [6.45, 7) is 0. The molecule has 2 nitrogen and oxygen atoms in total. The second-order valence-electron chi connectivity index (χ2n) is 5.58. The van der Waals surface area contributed by atoms with Crippen molar-refractivity contribution < 1.29 is 13.2 Å². The number of hydrogen-bond donors (Lipinski definition) is 0. The first-order chi connectivity index (χ1) is 11.9. The van der Waals surface area contributed by atoms with Crippen LogP contribution in [0.2, 0.25) is 5.02 Å². The van der Waals surface area contributed by atoms with E-state index in [-0.39, 0.29) is 16.7 Å². The van der Waals surface area contributed by atoms with Gasteiger partial charge in [-0.05, 0) is 35.7 Å². The van der Waals surface area contributed by atoms with Crippen LogP contribution < -0.4 is 0 Å². The summed E-state index contributed by atoms with van der Waals surface area (Å²) in [5.74, 6) is 0.0212. The first-order valence-corrected chi connectivity index (χ1v) is 7.84. The van der Waals surface area contributed by atoms with Crippen LogP contribution in [0, 0.1) is 0 Å². The molecular formula is C19H10ClF3N2. The zero-order valence-corrected chi connectivity index (χ0v) is 13.4. The fourth-order valence-electron chi connectivity index (χ4n) is 2.81. The minimum atomic E-state index is -4.58. The molecule has 6 heteroatoms. The lowest BCUT2D eigenvalue weighted by Crippen LogP contribution is -2.11. The molecule has 4 rings (SSSR count). The van der Waals surface area contributed by atoms with Crippen molar-refractivity contribution in [3.8, 4) is 11.4 Å². The third-order valence-electron chi connectivity index (χ3n) is 3.96. The Balaban J connectivity index is 2.11. The minimum Gasteiger partial charge on any atom is -0.227 e. The van der Waals surface area contributed by atoms with Gasteiger partial charge in [-0.2, -0.15) is 13.2 Å². The van der Waals surface area contributed by atoms with Crippen molar-refractivity contribution >= 4 is 33.3 Å². The fraction of sp³-hybridized carbons (Fsp3) is 0.0526. The Morgan fingerprint density at radius 3 is 2.20 bits per heavy atom. The van der Waals surface area contributed by atoms with E-state index in [1.807, 2.05) is 12.1 Å². The van der Waals surface area contributed by atoms with E-state index in [1.54, 1.807) is 42.5 Å². The van der Waals surface area contributed by atoms with Gasteiger partial charge in [0.15, 0.2) is 11.5 Å².